The Morgan fingerprint density at radius 2 is 1.88 bits per heavy atom. The molecular weight excluding hydrogens is 206 g/mol. The average Bonchev–Trinajstić information content (AvgIpc) is 2.53. The van der Waals surface area contributed by atoms with Crippen molar-refractivity contribution in [1.82, 2.24) is 4.90 Å². The summed E-state index contributed by atoms with van der Waals surface area (Å²) in [5, 5.41) is 9.77. The maximum absolute atomic E-state index is 9.77. The van der Waals surface area contributed by atoms with E-state index in [-0.39, 0.29) is 6.10 Å². The summed E-state index contributed by atoms with van der Waals surface area (Å²) in [5.74, 6) is 1.48. The Balaban J connectivity index is 2.08. The summed E-state index contributed by atoms with van der Waals surface area (Å²) in [6.07, 6.45) is -0.380. The van der Waals surface area contributed by atoms with Crippen LogP contribution >= 0.6 is 0 Å². The van der Waals surface area contributed by atoms with Gasteiger partial charge in [0, 0.05) is 26.7 Å². The van der Waals surface area contributed by atoms with E-state index in [0.29, 0.717) is 19.8 Å². The summed E-state index contributed by atoms with van der Waals surface area (Å²) in [4.78, 5) is 2.32. The molecule has 1 aliphatic rings. The van der Waals surface area contributed by atoms with Gasteiger partial charge in [-0.15, -0.1) is 0 Å². The van der Waals surface area contributed by atoms with Crippen LogP contribution in [0.5, 0.6) is 0 Å². The van der Waals surface area contributed by atoms with Gasteiger partial charge in [0.2, 0.25) is 0 Å². The fourth-order valence-electron chi connectivity index (χ4n) is 2.11. The van der Waals surface area contributed by atoms with Crippen LogP contribution in [0, 0.1) is 11.8 Å². The fraction of sp³-hybridized carbons (Fsp3) is 1.00. The van der Waals surface area contributed by atoms with Crippen molar-refractivity contribution >= 4 is 0 Å². The standard InChI is InChI=1S/C12H25NO3/c1-10-6-13(7-11(10)2)8-12(14)9-16-5-4-15-3/h10-12,14H,4-9H2,1-3H3. The van der Waals surface area contributed by atoms with Crippen molar-refractivity contribution in [3.05, 3.63) is 0 Å². The van der Waals surface area contributed by atoms with Gasteiger partial charge in [-0.3, -0.25) is 0 Å². The monoisotopic (exact) mass is 231 g/mol. The van der Waals surface area contributed by atoms with E-state index < -0.39 is 0 Å². The molecular formula is C12H25NO3. The predicted octanol–water partition coefficient (Wildman–Crippen LogP) is 0.598. The van der Waals surface area contributed by atoms with E-state index in [1.807, 2.05) is 0 Å². The molecule has 0 aromatic carbocycles. The molecule has 0 spiro atoms. The van der Waals surface area contributed by atoms with Gasteiger partial charge in [-0.05, 0) is 11.8 Å². The second kappa shape index (κ2) is 7.22. The van der Waals surface area contributed by atoms with Crippen LogP contribution in [0.2, 0.25) is 0 Å². The van der Waals surface area contributed by atoms with Crippen LogP contribution < -0.4 is 0 Å². The van der Waals surface area contributed by atoms with Gasteiger partial charge in [-0.2, -0.15) is 0 Å². The first-order valence-electron chi connectivity index (χ1n) is 6.10. The number of nitrogens with zero attached hydrogens (tertiary/aromatic N) is 1. The second-order valence-corrected chi connectivity index (χ2v) is 4.89. The molecule has 96 valence electrons. The molecule has 0 aromatic heterocycles. The van der Waals surface area contributed by atoms with Crippen molar-refractivity contribution in [2.24, 2.45) is 11.8 Å². The van der Waals surface area contributed by atoms with Crippen LogP contribution in [0.3, 0.4) is 0 Å². The number of aliphatic hydroxyl groups is 1. The van der Waals surface area contributed by atoms with Gasteiger partial charge in [-0.25, -0.2) is 0 Å². The van der Waals surface area contributed by atoms with Gasteiger partial charge in [-0.1, -0.05) is 13.8 Å². The van der Waals surface area contributed by atoms with E-state index >= 15 is 0 Å². The molecule has 16 heavy (non-hydrogen) atoms. The third-order valence-corrected chi connectivity index (χ3v) is 3.27. The minimum absolute atomic E-state index is 0.380. The molecule has 4 heteroatoms. The number of rotatable bonds is 7. The molecule has 0 bridgehead atoms. The van der Waals surface area contributed by atoms with E-state index in [0.717, 1.165) is 31.5 Å². The highest BCUT2D eigenvalue weighted by Gasteiger charge is 2.26. The van der Waals surface area contributed by atoms with Gasteiger partial charge >= 0.3 is 0 Å². The zero-order chi connectivity index (χ0) is 12.0. The molecule has 1 saturated heterocycles. The molecule has 0 aromatic rings. The van der Waals surface area contributed by atoms with E-state index in [4.69, 9.17) is 9.47 Å². The lowest BCUT2D eigenvalue weighted by Gasteiger charge is -2.19. The van der Waals surface area contributed by atoms with E-state index in [1.165, 1.54) is 0 Å². The summed E-state index contributed by atoms with van der Waals surface area (Å²) in [5.41, 5.74) is 0. The number of methoxy groups -OCH3 is 1. The summed E-state index contributed by atoms with van der Waals surface area (Å²) < 4.78 is 10.2. The summed E-state index contributed by atoms with van der Waals surface area (Å²) in [7, 11) is 1.65. The van der Waals surface area contributed by atoms with Crippen LogP contribution in [0.15, 0.2) is 0 Å². The summed E-state index contributed by atoms with van der Waals surface area (Å²) in [6, 6.07) is 0. The smallest absolute Gasteiger partial charge is 0.0900 e. The van der Waals surface area contributed by atoms with Gasteiger partial charge in [0.1, 0.15) is 0 Å². The maximum Gasteiger partial charge on any atom is 0.0900 e. The van der Waals surface area contributed by atoms with Crippen LogP contribution in [-0.4, -0.2) is 62.7 Å². The molecule has 1 N–H and O–H groups in total. The lowest BCUT2D eigenvalue weighted by atomic mass is 10.0. The largest absolute Gasteiger partial charge is 0.389 e. The van der Waals surface area contributed by atoms with E-state index in [1.54, 1.807) is 7.11 Å². The Morgan fingerprint density at radius 3 is 2.44 bits per heavy atom. The van der Waals surface area contributed by atoms with Crippen molar-refractivity contribution in [2.75, 3.05) is 46.6 Å². The second-order valence-electron chi connectivity index (χ2n) is 4.89. The number of aliphatic hydroxyl groups excluding tert-OH is 1. The van der Waals surface area contributed by atoms with Gasteiger partial charge in [0.25, 0.3) is 0 Å². The molecule has 4 nitrogen and oxygen atoms in total. The van der Waals surface area contributed by atoms with E-state index in [2.05, 4.69) is 18.7 Å². The minimum atomic E-state index is -0.380. The summed E-state index contributed by atoms with van der Waals surface area (Å²) >= 11 is 0. The van der Waals surface area contributed by atoms with Crippen molar-refractivity contribution in [3.63, 3.8) is 0 Å². The first-order chi connectivity index (χ1) is 7.63. The van der Waals surface area contributed by atoms with Crippen molar-refractivity contribution in [3.8, 4) is 0 Å². The lowest BCUT2D eigenvalue weighted by Crippen LogP contribution is -2.33. The Morgan fingerprint density at radius 1 is 1.25 bits per heavy atom. The normalized spacial score (nSPS) is 28.5. The van der Waals surface area contributed by atoms with Crippen molar-refractivity contribution < 1.29 is 14.6 Å². The number of hydrogen-bond acceptors (Lipinski definition) is 4. The van der Waals surface area contributed by atoms with Crippen molar-refractivity contribution in [2.45, 2.75) is 20.0 Å². The first kappa shape index (κ1) is 13.9. The zero-order valence-electron chi connectivity index (χ0n) is 10.7. The lowest BCUT2D eigenvalue weighted by molar-refractivity contribution is 0.00161. The molecule has 1 fully saturated rings. The van der Waals surface area contributed by atoms with Gasteiger partial charge < -0.3 is 19.5 Å². The molecule has 0 saturated carbocycles. The Bertz CT molecular complexity index is 179. The zero-order valence-corrected chi connectivity index (χ0v) is 10.7. The highest BCUT2D eigenvalue weighted by molar-refractivity contribution is 4.79. The molecule has 0 radical (unpaired) electrons. The molecule has 3 atom stereocenters. The number of ether oxygens (including phenoxy) is 2. The van der Waals surface area contributed by atoms with E-state index in [9.17, 15) is 5.11 Å². The van der Waals surface area contributed by atoms with Crippen LogP contribution in [-0.2, 0) is 9.47 Å². The third kappa shape index (κ3) is 4.78. The average molecular weight is 231 g/mol. The Labute approximate surface area is 98.5 Å². The molecule has 1 rings (SSSR count). The third-order valence-electron chi connectivity index (χ3n) is 3.27. The molecule has 0 amide bonds. The quantitative estimate of drug-likeness (QED) is 0.652. The molecule has 3 unspecified atom stereocenters. The Kier molecular flexibility index (Phi) is 6.28. The molecule has 1 heterocycles. The highest BCUT2D eigenvalue weighted by atomic mass is 16.5. The SMILES string of the molecule is COCCOCC(O)CN1CC(C)C(C)C1. The van der Waals surface area contributed by atoms with Crippen LogP contribution in [0.25, 0.3) is 0 Å². The minimum Gasteiger partial charge on any atom is -0.389 e. The van der Waals surface area contributed by atoms with Crippen LogP contribution in [0.1, 0.15) is 13.8 Å². The summed E-state index contributed by atoms with van der Waals surface area (Å²) in [6.45, 7) is 9.00. The highest BCUT2D eigenvalue weighted by Crippen LogP contribution is 2.21. The van der Waals surface area contributed by atoms with Crippen molar-refractivity contribution in [1.29, 1.82) is 0 Å². The number of hydrogen-bond donors (Lipinski definition) is 1. The van der Waals surface area contributed by atoms with Gasteiger partial charge in [0.05, 0.1) is 25.9 Å². The maximum atomic E-state index is 9.77. The van der Waals surface area contributed by atoms with Crippen LogP contribution in [0.4, 0.5) is 0 Å². The van der Waals surface area contributed by atoms with Gasteiger partial charge in [0.15, 0.2) is 0 Å². The Hall–Kier alpha value is -0.160. The molecule has 1 aliphatic heterocycles. The fourth-order valence-corrected chi connectivity index (χ4v) is 2.11. The first-order valence-corrected chi connectivity index (χ1v) is 6.10. The molecule has 0 aliphatic carbocycles. The number of likely N-dealkylation sites (tertiary alicyclic amines) is 1. The predicted molar refractivity (Wildman–Crippen MR) is 63.5 cm³/mol. The topological polar surface area (TPSA) is 41.9 Å². The number of β-amino-alcohol motifs (C(OH)–C–C–N with tert-alkyl or cyclic N) is 1.